The summed E-state index contributed by atoms with van der Waals surface area (Å²) in [5.41, 5.74) is 5.23. The number of anilines is 1. The monoisotopic (exact) mass is 300 g/mol. The molecule has 0 saturated carbocycles. The zero-order valence-electron chi connectivity index (χ0n) is 11.2. The molecule has 7 heteroatoms. The van der Waals surface area contributed by atoms with Gasteiger partial charge in [-0.3, -0.25) is 9.59 Å². The summed E-state index contributed by atoms with van der Waals surface area (Å²) < 4.78 is 0. The van der Waals surface area contributed by atoms with Crippen molar-refractivity contribution in [3.8, 4) is 5.75 Å². The van der Waals surface area contributed by atoms with Gasteiger partial charge < -0.3 is 21.3 Å². The number of phenolic OH excluding ortho intramolecular Hbond substituents is 1. The zero-order valence-corrected chi connectivity index (χ0v) is 11.2. The molecule has 0 fully saturated rings. The van der Waals surface area contributed by atoms with Gasteiger partial charge in [0.2, 0.25) is 5.91 Å². The number of hydrogen-bond donors (Lipinski definition) is 4. The highest BCUT2D eigenvalue weighted by atomic mass is 16.4. The predicted molar refractivity (Wildman–Crippen MR) is 78.0 cm³/mol. The van der Waals surface area contributed by atoms with Crippen LogP contribution < -0.4 is 11.1 Å². The topological polar surface area (TPSA) is 130 Å². The molecule has 0 aromatic heterocycles. The van der Waals surface area contributed by atoms with Crippen LogP contribution in [0, 0.1) is 0 Å². The molecule has 2 rings (SSSR count). The normalized spacial score (nSPS) is 10.0. The minimum absolute atomic E-state index is 0.0365. The number of carbonyl (C=O) groups excluding carboxylic acids is 2. The van der Waals surface area contributed by atoms with E-state index in [4.69, 9.17) is 10.8 Å². The third-order valence-electron chi connectivity index (χ3n) is 2.90. The number of rotatable bonds is 4. The average Bonchev–Trinajstić information content (AvgIpc) is 2.48. The number of hydrogen-bond acceptors (Lipinski definition) is 4. The first-order valence-corrected chi connectivity index (χ1v) is 6.16. The molecule has 0 atom stereocenters. The third kappa shape index (κ3) is 3.21. The number of aromatic carboxylic acids is 1. The molecule has 2 amide bonds. The number of amides is 2. The van der Waals surface area contributed by atoms with Crippen LogP contribution >= 0.6 is 0 Å². The van der Waals surface area contributed by atoms with Crippen LogP contribution in [-0.2, 0) is 0 Å². The van der Waals surface area contributed by atoms with Crippen molar-refractivity contribution in [2.75, 3.05) is 5.32 Å². The second-order valence-electron chi connectivity index (χ2n) is 4.43. The van der Waals surface area contributed by atoms with Gasteiger partial charge in [-0.05, 0) is 42.5 Å². The number of nitrogens with one attached hydrogen (secondary N) is 1. The molecule has 2 aromatic rings. The van der Waals surface area contributed by atoms with Crippen LogP contribution in [0.3, 0.4) is 0 Å². The van der Waals surface area contributed by atoms with E-state index in [1.54, 1.807) is 0 Å². The van der Waals surface area contributed by atoms with Crippen LogP contribution in [-0.4, -0.2) is 28.0 Å². The van der Waals surface area contributed by atoms with Crippen LogP contribution in [0.25, 0.3) is 0 Å². The van der Waals surface area contributed by atoms with E-state index in [2.05, 4.69) is 5.32 Å². The van der Waals surface area contributed by atoms with E-state index in [9.17, 15) is 19.5 Å². The van der Waals surface area contributed by atoms with Gasteiger partial charge in [-0.2, -0.15) is 0 Å². The van der Waals surface area contributed by atoms with Gasteiger partial charge in [-0.15, -0.1) is 0 Å². The Balaban J connectivity index is 2.34. The smallest absolute Gasteiger partial charge is 0.335 e. The molecule has 0 bridgehead atoms. The highest BCUT2D eigenvalue weighted by molar-refractivity contribution is 6.12. The number of carboxylic acids is 1. The number of phenols is 1. The lowest BCUT2D eigenvalue weighted by Gasteiger charge is -2.09. The molecule has 0 unspecified atom stereocenters. The predicted octanol–water partition coefficient (Wildman–Crippen LogP) is 1.44. The number of benzene rings is 2. The summed E-state index contributed by atoms with van der Waals surface area (Å²) in [6, 6.07) is 9.21. The Kier molecular flexibility index (Phi) is 4.08. The van der Waals surface area contributed by atoms with E-state index in [-0.39, 0.29) is 22.4 Å². The molecule has 7 nitrogen and oxygen atoms in total. The van der Waals surface area contributed by atoms with Gasteiger partial charge in [0.15, 0.2) is 0 Å². The summed E-state index contributed by atoms with van der Waals surface area (Å²) in [4.78, 5) is 34.5. The fraction of sp³-hybridized carbons (Fsp3) is 0. The molecule has 112 valence electrons. The van der Waals surface area contributed by atoms with Crippen LogP contribution in [0.2, 0.25) is 0 Å². The Hall–Kier alpha value is -3.35. The van der Waals surface area contributed by atoms with Crippen molar-refractivity contribution >= 4 is 23.5 Å². The zero-order chi connectivity index (χ0) is 16.3. The van der Waals surface area contributed by atoms with E-state index < -0.39 is 17.8 Å². The average molecular weight is 300 g/mol. The lowest BCUT2D eigenvalue weighted by Crippen LogP contribution is -2.21. The van der Waals surface area contributed by atoms with Crippen LogP contribution in [0.15, 0.2) is 42.5 Å². The van der Waals surface area contributed by atoms with Crippen molar-refractivity contribution in [1.29, 1.82) is 0 Å². The summed E-state index contributed by atoms with van der Waals surface area (Å²) in [6.45, 7) is 0. The highest BCUT2D eigenvalue weighted by Gasteiger charge is 2.18. The van der Waals surface area contributed by atoms with Crippen molar-refractivity contribution in [2.24, 2.45) is 5.73 Å². The van der Waals surface area contributed by atoms with Crippen LogP contribution in [0.4, 0.5) is 5.69 Å². The summed E-state index contributed by atoms with van der Waals surface area (Å²) in [7, 11) is 0. The maximum atomic E-state index is 12.2. The summed E-state index contributed by atoms with van der Waals surface area (Å²) in [6.07, 6.45) is 0. The first kappa shape index (κ1) is 15.0. The summed E-state index contributed by atoms with van der Waals surface area (Å²) >= 11 is 0. The van der Waals surface area contributed by atoms with E-state index in [0.717, 1.165) is 6.07 Å². The first-order valence-electron chi connectivity index (χ1n) is 6.16. The molecule has 0 saturated heterocycles. The number of aromatic hydroxyl groups is 1. The Labute approximate surface area is 125 Å². The molecule has 0 radical (unpaired) electrons. The maximum Gasteiger partial charge on any atom is 0.335 e. The standard InChI is InChI=1S/C15H12N2O5/c16-13(19)12-7-8(15(21)22)1-6-11(12)14(20)17-9-2-4-10(18)5-3-9/h1-7,18H,(H2,16,19)(H,17,20)(H,21,22). The van der Waals surface area contributed by atoms with E-state index in [1.165, 1.54) is 36.4 Å². The lowest BCUT2D eigenvalue weighted by molar-refractivity contribution is 0.0696. The SMILES string of the molecule is NC(=O)c1cc(C(=O)O)ccc1C(=O)Nc1ccc(O)cc1. The molecule has 0 aliphatic heterocycles. The molecule has 0 spiro atoms. The third-order valence-corrected chi connectivity index (χ3v) is 2.90. The van der Waals surface area contributed by atoms with Gasteiger partial charge in [-0.25, -0.2) is 4.79 Å². The van der Waals surface area contributed by atoms with Crippen molar-refractivity contribution in [3.63, 3.8) is 0 Å². The molecule has 0 aliphatic rings. The van der Waals surface area contributed by atoms with Gasteiger partial charge in [-0.1, -0.05) is 0 Å². The first-order chi connectivity index (χ1) is 10.4. The van der Waals surface area contributed by atoms with Gasteiger partial charge in [0.1, 0.15) is 5.75 Å². The lowest BCUT2D eigenvalue weighted by atomic mass is 10.0. The van der Waals surface area contributed by atoms with Gasteiger partial charge in [0.25, 0.3) is 5.91 Å². The molecular weight excluding hydrogens is 288 g/mol. The fourth-order valence-corrected chi connectivity index (χ4v) is 1.82. The number of carboxylic acid groups (broad SMARTS) is 1. The molecule has 5 N–H and O–H groups in total. The molecular formula is C15H12N2O5. The largest absolute Gasteiger partial charge is 0.508 e. The van der Waals surface area contributed by atoms with Crippen molar-refractivity contribution in [3.05, 3.63) is 59.2 Å². The van der Waals surface area contributed by atoms with Gasteiger partial charge in [0, 0.05) is 5.69 Å². The number of primary amides is 1. The van der Waals surface area contributed by atoms with Gasteiger partial charge in [0.05, 0.1) is 16.7 Å². The van der Waals surface area contributed by atoms with Crippen LogP contribution in [0.1, 0.15) is 31.1 Å². The highest BCUT2D eigenvalue weighted by Crippen LogP contribution is 2.17. The van der Waals surface area contributed by atoms with E-state index in [1.807, 2.05) is 0 Å². The Bertz CT molecular complexity index is 753. The molecule has 0 heterocycles. The molecule has 2 aromatic carbocycles. The minimum Gasteiger partial charge on any atom is -0.508 e. The Morgan fingerprint density at radius 3 is 2.14 bits per heavy atom. The van der Waals surface area contributed by atoms with E-state index in [0.29, 0.717) is 5.69 Å². The summed E-state index contributed by atoms with van der Waals surface area (Å²) in [5, 5.41) is 20.6. The second-order valence-corrected chi connectivity index (χ2v) is 4.43. The van der Waals surface area contributed by atoms with Crippen molar-refractivity contribution < 1.29 is 24.6 Å². The fourth-order valence-electron chi connectivity index (χ4n) is 1.82. The number of nitrogens with two attached hydrogens (primary N) is 1. The molecule has 0 aliphatic carbocycles. The Morgan fingerprint density at radius 2 is 1.59 bits per heavy atom. The summed E-state index contributed by atoms with van der Waals surface area (Å²) in [5.74, 6) is -2.70. The second kappa shape index (κ2) is 5.96. The van der Waals surface area contributed by atoms with Crippen molar-refractivity contribution in [2.45, 2.75) is 0 Å². The quantitative estimate of drug-likeness (QED) is 0.635. The van der Waals surface area contributed by atoms with E-state index >= 15 is 0 Å². The Morgan fingerprint density at radius 1 is 0.955 bits per heavy atom. The molecule has 22 heavy (non-hydrogen) atoms. The minimum atomic E-state index is -1.23. The van der Waals surface area contributed by atoms with Crippen molar-refractivity contribution in [1.82, 2.24) is 0 Å². The van der Waals surface area contributed by atoms with Crippen LogP contribution in [0.5, 0.6) is 5.75 Å². The van der Waals surface area contributed by atoms with Gasteiger partial charge >= 0.3 is 5.97 Å². The number of carbonyl (C=O) groups is 3. The maximum absolute atomic E-state index is 12.2.